The van der Waals surface area contributed by atoms with Crippen LogP contribution in [0.2, 0.25) is 0 Å². The lowest BCUT2D eigenvalue weighted by molar-refractivity contribution is 0.0975. The minimum atomic E-state index is -0.859. The van der Waals surface area contributed by atoms with Crippen LogP contribution < -0.4 is 0 Å². The van der Waals surface area contributed by atoms with E-state index in [9.17, 15) is 4.79 Å². The summed E-state index contributed by atoms with van der Waals surface area (Å²) in [6, 6.07) is 7.52. The quantitative estimate of drug-likeness (QED) is 0.744. The van der Waals surface area contributed by atoms with Crippen LogP contribution in [0.25, 0.3) is 0 Å². The number of hydrogen-bond acceptors (Lipinski definition) is 3. The number of hydrogen-bond donors (Lipinski definition) is 0. The van der Waals surface area contributed by atoms with Gasteiger partial charge in [0, 0.05) is 12.0 Å². The van der Waals surface area contributed by atoms with Crippen molar-refractivity contribution in [1.82, 2.24) is 0 Å². The van der Waals surface area contributed by atoms with Crippen molar-refractivity contribution < 1.29 is 4.79 Å². The summed E-state index contributed by atoms with van der Waals surface area (Å²) in [6.45, 7) is 5.73. The summed E-state index contributed by atoms with van der Waals surface area (Å²) in [5.41, 5.74) is 3.56. The summed E-state index contributed by atoms with van der Waals surface area (Å²) in [5, 5.41) is 17.4. The second-order valence-electron chi connectivity index (χ2n) is 4.21. The number of nitrogens with zero attached hydrogens (tertiary/aromatic N) is 2. The Bertz CT molecular complexity index is 495. The molecule has 1 aromatic rings. The van der Waals surface area contributed by atoms with Crippen LogP contribution in [0.4, 0.5) is 0 Å². The molecule has 17 heavy (non-hydrogen) atoms. The average molecular weight is 226 g/mol. The van der Waals surface area contributed by atoms with Gasteiger partial charge in [-0.1, -0.05) is 17.7 Å². The molecule has 1 rings (SSSR count). The van der Waals surface area contributed by atoms with E-state index in [2.05, 4.69) is 0 Å². The van der Waals surface area contributed by atoms with Gasteiger partial charge in [0.2, 0.25) is 0 Å². The smallest absolute Gasteiger partial charge is 0.165 e. The predicted molar refractivity (Wildman–Crippen MR) is 64.3 cm³/mol. The highest BCUT2D eigenvalue weighted by atomic mass is 16.1. The van der Waals surface area contributed by atoms with Crippen LogP contribution >= 0.6 is 0 Å². The predicted octanol–water partition coefficient (Wildman–Crippen LogP) is 2.85. The van der Waals surface area contributed by atoms with Crippen molar-refractivity contribution in [3.8, 4) is 12.1 Å². The minimum Gasteiger partial charge on any atom is -0.294 e. The number of carbonyl (C=O) groups is 1. The van der Waals surface area contributed by atoms with Crippen molar-refractivity contribution in [2.24, 2.45) is 5.92 Å². The molecular formula is C14H14N2O. The van der Waals surface area contributed by atoms with Crippen molar-refractivity contribution in [3.05, 3.63) is 34.4 Å². The molecule has 0 spiro atoms. The third-order valence-corrected chi connectivity index (χ3v) is 2.66. The van der Waals surface area contributed by atoms with Gasteiger partial charge in [-0.15, -0.1) is 0 Å². The van der Waals surface area contributed by atoms with Gasteiger partial charge in [-0.05, 0) is 31.9 Å². The van der Waals surface area contributed by atoms with Gasteiger partial charge in [-0.3, -0.25) is 4.79 Å². The molecule has 0 bridgehead atoms. The molecule has 0 aliphatic heterocycles. The second-order valence-corrected chi connectivity index (χ2v) is 4.21. The van der Waals surface area contributed by atoms with Crippen molar-refractivity contribution in [3.63, 3.8) is 0 Å². The lowest BCUT2D eigenvalue weighted by Gasteiger charge is -2.10. The molecule has 0 N–H and O–H groups in total. The summed E-state index contributed by atoms with van der Waals surface area (Å²) >= 11 is 0. The minimum absolute atomic E-state index is 0.0300. The van der Waals surface area contributed by atoms with E-state index in [1.165, 1.54) is 0 Å². The molecule has 0 fully saturated rings. The Morgan fingerprint density at radius 3 is 2.06 bits per heavy atom. The molecule has 0 atom stereocenters. The van der Waals surface area contributed by atoms with E-state index in [-0.39, 0.29) is 12.2 Å². The van der Waals surface area contributed by atoms with Gasteiger partial charge in [-0.2, -0.15) is 10.5 Å². The third kappa shape index (κ3) is 2.92. The maximum absolute atomic E-state index is 12.0. The van der Waals surface area contributed by atoms with E-state index < -0.39 is 5.92 Å². The lowest BCUT2D eigenvalue weighted by Crippen LogP contribution is -2.09. The van der Waals surface area contributed by atoms with E-state index in [0.29, 0.717) is 5.56 Å². The first kappa shape index (κ1) is 12.9. The van der Waals surface area contributed by atoms with Crippen LogP contribution in [0.3, 0.4) is 0 Å². The highest BCUT2D eigenvalue weighted by molar-refractivity contribution is 5.99. The molecule has 0 radical (unpaired) electrons. The number of carbonyl (C=O) groups excluding carboxylic acids is 1. The van der Waals surface area contributed by atoms with Crippen molar-refractivity contribution in [1.29, 1.82) is 10.5 Å². The normalized spacial score (nSPS) is 9.76. The molecular weight excluding hydrogens is 212 g/mol. The Morgan fingerprint density at radius 2 is 1.65 bits per heavy atom. The molecule has 0 heterocycles. The molecule has 0 saturated carbocycles. The van der Waals surface area contributed by atoms with Gasteiger partial charge in [0.25, 0.3) is 0 Å². The zero-order chi connectivity index (χ0) is 13.0. The number of nitriles is 2. The van der Waals surface area contributed by atoms with Crippen LogP contribution in [0.15, 0.2) is 12.1 Å². The number of aryl methyl sites for hydroxylation is 3. The van der Waals surface area contributed by atoms with E-state index in [1.807, 2.05) is 45.0 Å². The Hall–Kier alpha value is -2.13. The standard InChI is InChI=1S/C14H14N2O/c1-9-4-10(2)14(11(3)5-9)13(17)6-12(7-15)8-16/h4-5,12H,6H2,1-3H3. The van der Waals surface area contributed by atoms with Gasteiger partial charge >= 0.3 is 0 Å². The Kier molecular flexibility index (Phi) is 4.01. The van der Waals surface area contributed by atoms with E-state index >= 15 is 0 Å². The maximum Gasteiger partial charge on any atom is 0.165 e. The van der Waals surface area contributed by atoms with Crippen LogP contribution in [-0.2, 0) is 0 Å². The summed E-state index contributed by atoms with van der Waals surface area (Å²) in [4.78, 5) is 12.0. The second kappa shape index (κ2) is 5.27. The van der Waals surface area contributed by atoms with Gasteiger partial charge in [0.05, 0.1) is 12.1 Å². The molecule has 0 unspecified atom stereocenters. The molecule has 0 aliphatic rings. The van der Waals surface area contributed by atoms with Crippen LogP contribution in [0.1, 0.15) is 33.5 Å². The molecule has 0 saturated heterocycles. The fraction of sp³-hybridized carbons (Fsp3) is 0.357. The van der Waals surface area contributed by atoms with E-state index in [1.54, 1.807) is 0 Å². The maximum atomic E-state index is 12.0. The molecule has 0 aromatic heterocycles. The van der Waals surface area contributed by atoms with Gasteiger partial charge in [0.1, 0.15) is 5.92 Å². The summed E-state index contributed by atoms with van der Waals surface area (Å²) in [6.07, 6.45) is -0.0300. The first-order chi connectivity index (χ1) is 7.99. The van der Waals surface area contributed by atoms with Crippen LogP contribution in [0.5, 0.6) is 0 Å². The first-order valence-electron chi connectivity index (χ1n) is 5.40. The number of ketones is 1. The Labute approximate surface area is 101 Å². The monoisotopic (exact) mass is 226 g/mol. The van der Waals surface area contributed by atoms with Crippen LogP contribution in [-0.4, -0.2) is 5.78 Å². The number of benzene rings is 1. The largest absolute Gasteiger partial charge is 0.294 e. The topological polar surface area (TPSA) is 64.7 Å². The Morgan fingerprint density at radius 1 is 1.18 bits per heavy atom. The molecule has 0 aliphatic carbocycles. The summed E-state index contributed by atoms with van der Waals surface area (Å²) in [5.74, 6) is -0.990. The molecule has 3 heteroatoms. The van der Waals surface area contributed by atoms with Gasteiger partial charge in [0.15, 0.2) is 5.78 Å². The van der Waals surface area contributed by atoms with Crippen LogP contribution in [0, 0.1) is 49.4 Å². The van der Waals surface area contributed by atoms with E-state index in [0.717, 1.165) is 16.7 Å². The Balaban J connectivity index is 3.07. The van der Waals surface area contributed by atoms with Gasteiger partial charge in [-0.25, -0.2) is 0 Å². The molecule has 3 nitrogen and oxygen atoms in total. The van der Waals surface area contributed by atoms with Crippen molar-refractivity contribution in [2.75, 3.05) is 0 Å². The van der Waals surface area contributed by atoms with Gasteiger partial charge < -0.3 is 0 Å². The SMILES string of the molecule is Cc1cc(C)c(C(=O)CC(C#N)C#N)c(C)c1. The highest BCUT2D eigenvalue weighted by Gasteiger charge is 2.17. The molecule has 0 amide bonds. The molecule has 86 valence electrons. The zero-order valence-electron chi connectivity index (χ0n) is 10.2. The average Bonchev–Trinajstić information content (AvgIpc) is 2.24. The highest BCUT2D eigenvalue weighted by Crippen LogP contribution is 2.19. The van der Waals surface area contributed by atoms with Crippen molar-refractivity contribution in [2.45, 2.75) is 27.2 Å². The third-order valence-electron chi connectivity index (χ3n) is 2.66. The van der Waals surface area contributed by atoms with Crippen molar-refractivity contribution >= 4 is 5.78 Å². The molecule has 1 aromatic carbocycles. The lowest BCUT2D eigenvalue weighted by atomic mass is 9.92. The zero-order valence-corrected chi connectivity index (χ0v) is 10.2. The summed E-state index contributed by atoms with van der Waals surface area (Å²) in [7, 11) is 0. The first-order valence-corrected chi connectivity index (χ1v) is 5.40. The summed E-state index contributed by atoms with van der Waals surface area (Å²) < 4.78 is 0. The van der Waals surface area contributed by atoms with E-state index in [4.69, 9.17) is 10.5 Å². The fourth-order valence-corrected chi connectivity index (χ4v) is 2.03. The number of Topliss-reactive ketones (excluding diaryl/α,β-unsaturated/α-hetero) is 1. The number of rotatable bonds is 3. The fourth-order valence-electron chi connectivity index (χ4n) is 2.03.